The van der Waals surface area contributed by atoms with Crippen LogP contribution in [0.25, 0.3) is 10.2 Å². The fraction of sp³-hybridized carbons (Fsp3) is 0.714. The molecular weight excluding hydrogens is 358 g/mol. The summed E-state index contributed by atoms with van der Waals surface area (Å²) in [7, 11) is 0. The molecule has 2 heterocycles. The number of anilines is 1. The monoisotopic (exact) mass is 391 g/mol. The van der Waals surface area contributed by atoms with E-state index in [1.54, 1.807) is 11.8 Å². The normalized spacial score (nSPS) is 17.6. The van der Waals surface area contributed by atoms with Crippen molar-refractivity contribution in [3.63, 3.8) is 0 Å². The van der Waals surface area contributed by atoms with Gasteiger partial charge in [-0.2, -0.15) is 0 Å². The van der Waals surface area contributed by atoms with Gasteiger partial charge in [0.2, 0.25) is 0 Å². The third-order valence-electron chi connectivity index (χ3n) is 5.62. The van der Waals surface area contributed by atoms with Crippen LogP contribution in [0.3, 0.4) is 0 Å². The van der Waals surface area contributed by atoms with Crippen LogP contribution >= 0.6 is 23.1 Å². The predicted molar refractivity (Wildman–Crippen MR) is 116 cm³/mol. The summed E-state index contributed by atoms with van der Waals surface area (Å²) < 4.78 is 0. The van der Waals surface area contributed by atoms with E-state index in [2.05, 4.69) is 32.7 Å². The molecule has 2 aromatic rings. The SMILES string of the molecule is CCCCCCCSc1nc(N)c2c3c(sc2n1)C[C@H](C(C)(C)C)CC3. The maximum Gasteiger partial charge on any atom is 0.190 e. The zero-order valence-corrected chi connectivity index (χ0v) is 18.4. The van der Waals surface area contributed by atoms with Crippen LogP contribution in [-0.4, -0.2) is 15.7 Å². The molecule has 5 heteroatoms. The number of fused-ring (bicyclic) bond motifs is 3. The lowest BCUT2D eigenvalue weighted by atomic mass is 9.72. The molecule has 0 bridgehead atoms. The summed E-state index contributed by atoms with van der Waals surface area (Å²) in [4.78, 5) is 12.1. The second-order valence-corrected chi connectivity index (χ2v) is 10.8. The van der Waals surface area contributed by atoms with Gasteiger partial charge in [0.05, 0.1) is 5.39 Å². The molecule has 0 saturated heterocycles. The number of nitrogen functional groups attached to an aromatic ring is 1. The highest BCUT2D eigenvalue weighted by Gasteiger charge is 2.31. The Kier molecular flexibility index (Phi) is 6.50. The first kappa shape index (κ1) is 19.9. The Bertz CT molecular complexity index is 746. The number of aryl methyl sites for hydroxylation is 1. The van der Waals surface area contributed by atoms with E-state index in [1.165, 1.54) is 55.4 Å². The standard InChI is InChI=1S/C21H33N3S2/c1-5-6-7-8-9-12-25-20-23-18(22)17-15-11-10-14(21(2,3)4)13-16(15)26-19(17)24-20/h14H,5-13H2,1-4H3,(H2,22,23,24)/t14-/m1/s1. The fourth-order valence-corrected chi connectivity index (χ4v) is 6.07. The molecule has 1 aliphatic rings. The van der Waals surface area contributed by atoms with Gasteiger partial charge in [0, 0.05) is 10.6 Å². The molecule has 0 aliphatic heterocycles. The zero-order chi connectivity index (χ0) is 18.7. The summed E-state index contributed by atoms with van der Waals surface area (Å²) in [6, 6.07) is 0. The molecule has 0 amide bonds. The Labute approximate surface area is 166 Å². The van der Waals surface area contributed by atoms with Crippen LogP contribution in [0.4, 0.5) is 5.82 Å². The molecular formula is C21H33N3S2. The van der Waals surface area contributed by atoms with Gasteiger partial charge in [0.1, 0.15) is 10.6 Å². The van der Waals surface area contributed by atoms with E-state index in [0.717, 1.165) is 33.5 Å². The van der Waals surface area contributed by atoms with E-state index in [0.29, 0.717) is 11.2 Å². The van der Waals surface area contributed by atoms with Crippen molar-refractivity contribution in [3.8, 4) is 0 Å². The lowest BCUT2D eigenvalue weighted by Gasteiger charge is -2.33. The topological polar surface area (TPSA) is 51.8 Å². The van der Waals surface area contributed by atoms with Gasteiger partial charge >= 0.3 is 0 Å². The fourth-order valence-electron chi connectivity index (χ4n) is 3.86. The molecule has 0 unspecified atom stereocenters. The first-order valence-corrected chi connectivity index (χ1v) is 11.9. The van der Waals surface area contributed by atoms with Crippen LogP contribution in [0.1, 0.15) is 76.7 Å². The van der Waals surface area contributed by atoms with Crippen molar-refractivity contribution >= 4 is 39.1 Å². The Morgan fingerprint density at radius 2 is 1.92 bits per heavy atom. The maximum absolute atomic E-state index is 6.36. The van der Waals surface area contributed by atoms with Gasteiger partial charge in [-0.05, 0) is 42.6 Å². The van der Waals surface area contributed by atoms with Crippen LogP contribution < -0.4 is 5.73 Å². The molecule has 2 aromatic heterocycles. The Morgan fingerprint density at radius 1 is 1.15 bits per heavy atom. The molecule has 0 radical (unpaired) electrons. The van der Waals surface area contributed by atoms with Gasteiger partial charge in [-0.3, -0.25) is 0 Å². The van der Waals surface area contributed by atoms with E-state index in [-0.39, 0.29) is 0 Å². The Morgan fingerprint density at radius 3 is 2.65 bits per heavy atom. The maximum atomic E-state index is 6.36. The van der Waals surface area contributed by atoms with E-state index >= 15 is 0 Å². The van der Waals surface area contributed by atoms with E-state index in [9.17, 15) is 0 Å². The van der Waals surface area contributed by atoms with Crippen LogP contribution in [0.5, 0.6) is 0 Å². The lowest BCUT2D eigenvalue weighted by Crippen LogP contribution is -2.26. The van der Waals surface area contributed by atoms with Gasteiger partial charge in [-0.25, -0.2) is 9.97 Å². The summed E-state index contributed by atoms with van der Waals surface area (Å²) in [5, 5.41) is 2.00. The van der Waals surface area contributed by atoms with Crippen molar-refractivity contribution in [1.82, 2.24) is 9.97 Å². The number of hydrogen-bond donors (Lipinski definition) is 1. The van der Waals surface area contributed by atoms with Gasteiger partial charge in [-0.15, -0.1) is 11.3 Å². The third kappa shape index (κ3) is 4.53. The van der Waals surface area contributed by atoms with Gasteiger partial charge in [0.15, 0.2) is 5.16 Å². The first-order chi connectivity index (χ1) is 12.4. The molecule has 3 rings (SSSR count). The molecule has 144 valence electrons. The molecule has 2 N–H and O–H groups in total. The number of rotatable bonds is 7. The first-order valence-electron chi connectivity index (χ1n) is 10.1. The summed E-state index contributed by atoms with van der Waals surface area (Å²) in [6.07, 6.45) is 10.1. The highest BCUT2D eigenvalue weighted by atomic mass is 32.2. The van der Waals surface area contributed by atoms with Crippen molar-refractivity contribution in [2.24, 2.45) is 11.3 Å². The molecule has 0 aromatic carbocycles. The molecule has 0 fully saturated rings. The largest absolute Gasteiger partial charge is 0.383 e. The van der Waals surface area contributed by atoms with Crippen LogP contribution in [-0.2, 0) is 12.8 Å². The Balaban J connectivity index is 1.72. The number of thioether (sulfide) groups is 1. The molecule has 0 spiro atoms. The number of nitrogens with two attached hydrogens (primary N) is 1. The molecule has 0 saturated carbocycles. The second-order valence-electron chi connectivity index (χ2n) is 8.64. The minimum atomic E-state index is 0.365. The summed E-state index contributed by atoms with van der Waals surface area (Å²) in [5.74, 6) is 2.52. The number of hydrogen-bond acceptors (Lipinski definition) is 5. The van der Waals surface area contributed by atoms with E-state index < -0.39 is 0 Å². The van der Waals surface area contributed by atoms with Crippen LogP contribution in [0.15, 0.2) is 5.16 Å². The van der Waals surface area contributed by atoms with Crippen molar-refractivity contribution in [3.05, 3.63) is 10.4 Å². The predicted octanol–water partition coefficient (Wildman–Crippen LogP) is 6.49. The van der Waals surface area contributed by atoms with Gasteiger partial charge < -0.3 is 5.73 Å². The quantitative estimate of drug-likeness (QED) is 0.333. The average Bonchev–Trinajstić information content (AvgIpc) is 2.95. The highest BCUT2D eigenvalue weighted by Crippen LogP contribution is 2.44. The Hall–Kier alpha value is -0.810. The molecule has 3 nitrogen and oxygen atoms in total. The van der Waals surface area contributed by atoms with Crippen LogP contribution in [0.2, 0.25) is 0 Å². The molecule has 1 atom stereocenters. The summed E-state index contributed by atoms with van der Waals surface area (Å²) >= 11 is 3.62. The number of unbranched alkanes of at least 4 members (excludes halogenated alkanes) is 4. The summed E-state index contributed by atoms with van der Waals surface area (Å²) in [5.41, 5.74) is 8.15. The smallest absolute Gasteiger partial charge is 0.190 e. The number of nitrogens with zero attached hydrogens (tertiary/aromatic N) is 2. The lowest BCUT2D eigenvalue weighted by molar-refractivity contribution is 0.218. The average molecular weight is 392 g/mol. The van der Waals surface area contributed by atoms with Crippen LogP contribution in [0, 0.1) is 11.3 Å². The summed E-state index contributed by atoms with van der Waals surface area (Å²) in [6.45, 7) is 9.34. The van der Waals surface area contributed by atoms with Crippen molar-refractivity contribution < 1.29 is 0 Å². The van der Waals surface area contributed by atoms with Gasteiger partial charge in [-0.1, -0.05) is 65.1 Å². The van der Waals surface area contributed by atoms with Crippen molar-refractivity contribution in [2.45, 2.75) is 84.2 Å². The van der Waals surface area contributed by atoms with E-state index in [4.69, 9.17) is 10.7 Å². The highest BCUT2D eigenvalue weighted by molar-refractivity contribution is 7.99. The minimum Gasteiger partial charge on any atom is -0.383 e. The van der Waals surface area contributed by atoms with Crippen molar-refractivity contribution in [2.75, 3.05) is 11.5 Å². The second kappa shape index (κ2) is 8.47. The minimum absolute atomic E-state index is 0.365. The zero-order valence-electron chi connectivity index (χ0n) is 16.7. The molecule has 1 aliphatic carbocycles. The van der Waals surface area contributed by atoms with Crippen molar-refractivity contribution in [1.29, 1.82) is 0 Å². The number of thiophene rings is 1. The van der Waals surface area contributed by atoms with Gasteiger partial charge in [0.25, 0.3) is 0 Å². The molecule has 26 heavy (non-hydrogen) atoms. The third-order valence-corrected chi connectivity index (χ3v) is 7.70. The number of aromatic nitrogens is 2. The van der Waals surface area contributed by atoms with E-state index in [1.807, 2.05) is 11.3 Å².